The van der Waals surface area contributed by atoms with E-state index in [-0.39, 0.29) is 6.61 Å². The van der Waals surface area contributed by atoms with Crippen LogP contribution in [-0.4, -0.2) is 22.9 Å². The van der Waals surface area contributed by atoms with Gasteiger partial charge >= 0.3 is 6.18 Å². The fourth-order valence-corrected chi connectivity index (χ4v) is 1.65. The Hall–Kier alpha value is -0.660. The van der Waals surface area contributed by atoms with Crippen LogP contribution in [0.3, 0.4) is 0 Å². The maximum absolute atomic E-state index is 11.7. The topological polar surface area (TPSA) is 42.4 Å². The molecule has 1 rings (SSSR count). The Morgan fingerprint density at radius 3 is 2.73 bits per heavy atom. The van der Waals surface area contributed by atoms with E-state index in [2.05, 4.69) is 9.72 Å². The lowest BCUT2D eigenvalue weighted by Crippen LogP contribution is -2.16. The number of aliphatic hydroxyl groups excluding tert-OH is 1. The van der Waals surface area contributed by atoms with Crippen molar-refractivity contribution < 1.29 is 23.0 Å². The van der Waals surface area contributed by atoms with Crippen LogP contribution in [0.25, 0.3) is 0 Å². The Labute approximate surface area is 88.5 Å². The predicted octanol–water partition coefficient (Wildman–Crippen LogP) is 2.28. The third-order valence-electron chi connectivity index (χ3n) is 1.49. The van der Waals surface area contributed by atoms with Gasteiger partial charge in [0.05, 0.1) is 18.4 Å². The summed E-state index contributed by atoms with van der Waals surface area (Å²) < 4.78 is 39.5. The van der Waals surface area contributed by atoms with Gasteiger partial charge in [-0.15, -0.1) is 11.3 Å². The van der Waals surface area contributed by atoms with Crippen LogP contribution in [0, 0.1) is 0 Å². The zero-order valence-electron chi connectivity index (χ0n) is 7.91. The van der Waals surface area contributed by atoms with E-state index in [9.17, 15) is 13.2 Å². The van der Waals surface area contributed by atoms with Gasteiger partial charge in [0, 0.05) is 5.38 Å². The molecule has 0 spiro atoms. The molecule has 0 aromatic carbocycles. The maximum atomic E-state index is 11.7. The van der Waals surface area contributed by atoms with Crippen molar-refractivity contribution in [3.05, 3.63) is 16.1 Å². The Bertz CT molecular complexity index is 311. The van der Waals surface area contributed by atoms with E-state index < -0.39 is 18.9 Å². The summed E-state index contributed by atoms with van der Waals surface area (Å²) in [4.78, 5) is 3.91. The van der Waals surface area contributed by atoms with E-state index >= 15 is 0 Å². The summed E-state index contributed by atoms with van der Waals surface area (Å²) in [5.74, 6) is 0. The molecule has 0 amide bonds. The summed E-state index contributed by atoms with van der Waals surface area (Å²) in [6.45, 7) is 0.0723. The van der Waals surface area contributed by atoms with Gasteiger partial charge in [-0.1, -0.05) is 0 Å². The summed E-state index contributed by atoms with van der Waals surface area (Å²) in [6, 6.07) is 0. The minimum atomic E-state index is -4.32. The third kappa shape index (κ3) is 4.59. The highest BCUT2D eigenvalue weighted by Gasteiger charge is 2.27. The van der Waals surface area contributed by atoms with Gasteiger partial charge in [-0.05, 0) is 6.92 Å². The Kier molecular flexibility index (Phi) is 4.06. The monoisotopic (exact) mass is 241 g/mol. The molecule has 0 aliphatic rings. The highest BCUT2D eigenvalue weighted by atomic mass is 32.1. The van der Waals surface area contributed by atoms with Crippen LogP contribution in [0.15, 0.2) is 5.38 Å². The number of aliphatic hydroxyl groups is 1. The average molecular weight is 241 g/mol. The summed E-state index contributed by atoms with van der Waals surface area (Å²) >= 11 is 1.16. The zero-order chi connectivity index (χ0) is 11.5. The van der Waals surface area contributed by atoms with Crippen molar-refractivity contribution in [1.82, 2.24) is 4.98 Å². The minimum absolute atomic E-state index is 0.184. The van der Waals surface area contributed by atoms with Crippen molar-refractivity contribution in [3.8, 4) is 0 Å². The molecule has 0 saturated carbocycles. The molecule has 7 heteroatoms. The second-order valence-corrected chi connectivity index (χ2v) is 3.89. The number of aromatic nitrogens is 1. The Morgan fingerprint density at radius 1 is 1.60 bits per heavy atom. The SMILES string of the molecule is CC(O)c1csc(COCC(F)(F)F)n1. The van der Waals surface area contributed by atoms with E-state index in [1.807, 2.05) is 0 Å². The number of thiazole rings is 1. The van der Waals surface area contributed by atoms with Crippen LogP contribution in [-0.2, 0) is 11.3 Å². The standard InChI is InChI=1S/C8H10F3NO2S/c1-5(13)6-3-15-7(12-6)2-14-4-8(9,10)11/h3,5,13H,2,4H2,1H3. The van der Waals surface area contributed by atoms with Crippen molar-refractivity contribution in [2.45, 2.75) is 25.8 Å². The molecule has 0 saturated heterocycles. The maximum Gasteiger partial charge on any atom is 0.411 e. The van der Waals surface area contributed by atoms with Gasteiger partial charge in [0.1, 0.15) is 11.6 Å². The molecule has 0 bridgehead atoms. The molecule has 1 unspecified atom stereocenters. The molecule has 86 valence electrons. The number of ether oxygens (including phenoxy) is 1. The van der Waals surface area contributed by atoms with Gasteiger partial charge in [-0.2, -0.15) is 13.2 Å². The van der Waals surface area contributed by atoms with E-state index in [0.717, 1.165) is 11.3 Å². The van der Waals surface area contributed by atoms with Crippen LogP contribution in [0.4, 0.5) is 13.2 Å². The number of hydrogen-bond donors (Lipinski definition) is 1. The van der Waals surface area contributed by atoms with Crippen LogP contribution in [0.5, 0.6) is 0 Å². The molecule has 0 aliphatic carbocycles. The third-order valence-corrected chi connectivity index (χ3v) is 2.33. The number of rotatable bonds is 4. The molecule has 1 atom stereocenters. The number of alkyl halides is 3. The summed E-state index contributed by atoms with van der Waals surface area (Å²) in [6.07, 6.45) is -5.03. The first-order valence-electron chi connectivity index (χ1n) is 4.15. The second kappa shape index (κ2) is 4.91. The van der Waals surface area contributed by atoms with Crippen molar-refractivity contribution in [2.24, 2.45) is 0 Å². The lowest BCUT2D eigenvalue weighted by molar-refractivity contribution is -0.176. The minimum Gasteiger partial charge on any atom is -0.387 e. The quantitative estimate of drug-likeness (QED) is 0.879. The first-order valence-corrected chi connectivity index (χ1v) is 5.03. The molecule has 1 N–H and O–H groups in total. The number of nitrogens with zero attached hydrogens (tertiary/aromatic N) is 1. The molecule has 1 heterocycles. The summed E-state index contributed by atoms with van der Waals surface area (Å²) in [5, 5.41) is 11.1. The number of halogens is 3. The van der Waals surface area contributed by atoms with Crippen molar-refractivity contribution >= 4 is 11.3 Å². The van der Waals surface area contributed by atoms with E-state index in [4.69, 9.17) is 5.11 Å². The van der Waals surface area contributed by atoms with Crippen molar-refractivity contribution in [3.63, 3.8) is 0 Å². The molecule has 0 aliphatic heterocycles. The van der Waals surface area contributed by atoms with Crippen LogP contribution in [0.1, 0.15) is 23.7 Å². The molecule has 0 radical (unpaired) electrons. The normalized spacial score (nSPS) is 14.2. The van der Waals surface area contributed by atoms with Crippen molar-refractivity contribution in [1.29, 1.82) is 0 Å². The van der Waals surface area contributed by atoms with Gasteiger partial charge in [0.2, 0.25) is 0 Å². The molecule has 1 aromatic rings. The van der Waals surface area contributed by atoms with Crippen LogP contribution in [0.2, 0.25) is 0 Å². The highest BCUT2D eigenvalue weighted by molar-refractivity contribution is 7.09. The molecule has 15 heavy (non-hydrogen) atoms. The Morgan fingerprint density at radius 2 is 2.27 bits per heavy atom. The fraction of sp³-hybridized carbons (Fsp3) is 0.625. The van der Waals surface area contributed by atoms with Gasteiger partial charge < -0.3 is 9.84 Å². The summed E-state index contributed by atoms with van der Waals surface area (Å²) in [5.41, 5.74) is 0.450. The molecule has 1 aromatic heterocycles. The second-order valence-electron chi connectivity index (χ2n) is 2.95. The summed E-state index contributed by atoms with van der Waals surface area (Å²) in [7, 11) is 0. The number of hydrogen-bond acceptors (Lipinski definition) is 4. The van der Waals surface area contributed by atoms with Gasteiger partial charge in [-0.3, -0.25) is 0 Å². The van der Waals surface area contributed by atoms with Crippen LogP contribution >= 0.6 is 11.3 Å². The molecule has 0 fully saturated rings. The smallest absolute Gasteiger partial charge is 0.387 e. The fourth-order valence-electron chi connectivity index (χ4n) is 0.837. The van der Waals surface area contributed by atoms with E-state index in [1.165, 1.54) is 6.92 Å². The van der Waals surface area contributed by atoms with Gasteiger partial charge in [0.15, 0.2) is 0 Å². The lowest BCUT2D eigenvalue weighted by Gasteiger charge is -2.05. The Balaban J connectivity index is 2.38. The van der Waals surface area contributed by atoms with E-state index in [1.54, 1.807) is 5.38 Å². The van der Waals surface area contributed by atoms with Gasteiger partial charge in [0.25, 0.3) is 0 Å². The predicted molar refractivity (Wildman–Crippen MR) is 48.5 cm³/mol. The van der Waals surface area contributed by atoms with E-state index in [0.29, 0.717) is 10.7 Å². The highest BCUT2D eigenvalue weighted by Crippen LogP contribution is 2.19. The molecule has 3 nitrogen and oxygen atoms in total. The van der Waals surface area contributed by atoms with Crippen molar-refractivity contribution in [2.75, 3.05) is 6.61 Å². The van der Waals surface area contributed by atoms with Gasteiger partial charge in [-0.25, -0.2) is 4.98 Å². The molecular formula is C8H10F3NO2S. The largest absolute Gasteiger partial charge is 0.411 e. The molecular weight excluding hydrogens is 231 g/mol. The lowest BCUT2D eigenvalue weighted by atomic mass is 10.3. The first-order chi connectivity index (χ1) is 6.88. The zero-order valence-corrected chi connectivity index (χ0v) is 8.73. The van der Waals surface area contributed by atoms with Crippen LogP contribution < -0.4 is 0 Å². The average Bonchev–Trinajstić information content (AvgIpc) is 2.50. The first kappa shape index (κ1) is 12.4.